The minimum atomic E-state index is -0.445. The van der Waals surface area contributed by atoms with E-state index >= 15 is 0 Å². The number of carbonyl (C=O) groups is 3. The summed E-state index contributed by atoms with van der Waals surface area (Å²) in [5.74, 6) is -1.03. The maximum absolute atomic E-state index is 12.1. The summed E-state index contributed by atoms with van der Waals surface area (Å²) in [7, 11) is 1.30. The zero-order valence-corrected chi connectivity index (χ0v) is 16.7. The minimum Gasteiger partial charge on any atom is -0.465 e. The number of H-pyrrole nitrogens is 1. The van der Waals surface area contributed by atoms with Gasteiger partial charge in [0.15, 0.2) is 5.13 Å². The Labute approximate surface area is 175 Å². The van der Waals surface area contributed by atoms with E-state index in [4.69, 9.17) is 0 Å². The Bertz CT molecular complexity index is 1100. The van der Waals surface area contributed by atoms with Crippen molar-refractivity contribution in [2.24, 2.45) is 0 Å². The largest absolute Gasteiger partial charge is 0.465 e. The van der Waals surface area contributed by atoms with E-state index in [2.05, 4.69) is 25.3 Å². The lowest BCUT2D eigenvalue weighted by molar-refractivity contribution is -0.116. The lowest BCUT2D eigenvalue weighted by atomic mass is 10.2. The minimum absolute atomic E-state index is 0.201. The topological polar surface area (TPSA) is 130 Å². The number of nitrogens with one attached hydrogen (secondary N) is 3. The molecule has 2 amide bonds. The highest BCUT2D eigenvalue weighted by atomic mass is 32.1. The number of methoxy groups -OCH3 is 1. The Balaban J connectivity index is 1.49. The number of benzene rings is 1. The van der Waals surface area contributed by atoms with Crippen molar-refractivity contribution in [2.45, 2.75) is 12.8 Å². The van der Waals surface area contributed by atoms with Crippen molar-refractivity contribution in [3.05, 3.63) is 75.1 Å². The highest BCUT2D eigenvalue weighted by molar-refractivity contribution is 7.14. The predicted octanol–water partition coefficient (Wildman–Crippen LogP) is 2.44. The third-order valence-corrected chi connectivity index (χ3v) is 4.82. The van der Waals surface area contributed by atoms with Crippen LogP contribution >= 0.6 is 11.3 Å². The molecule has 0 saturated carbocycles. The standard InChI is InChI=1S/C20H18N4O5S/c1-29-19(28)12-2-5-14(6-3-12)22-17(26)9-7-15-11-30-20(23-15)24-18(27)13-4-8-16(25)21-10-13/h2-6,8,10-11H,7,9H2,1H3,(H,21,25)(H,22,26)(H,23,24,27). The molecule has 0 aliphatic heterocycles. The number of thiazole rings is 1. The summed E-state index contributed by atoms with van der Waals surface area (Å²) in [4.78, 5) is 53.5. The van der Waals surface area contributed by atoms with Crippen LogP contribution in [0.3, 0.4) is 0 Å². The van der Waals surface area contributed by atoms with Crippen LogP contribution in [-0.4, -0.2) is 34.9 Å². The molecule has 2 heterocycles. The number of rotatable bonds is 7. The van der Waals surface area contributed by atoms with Crippen LogP contribution in [0, 0.1) is 0 Å². The summed E-state index contributed by atoms with van der Waals surface area (Å²) in [6.45, 7) is 0. The second-order valence-electron chi connectivity index (χ2n) is 6.16. The third-order valence-electron chi connectivity index (χ3n) is 4.02. The third kappa shape index (κ3) is 5.61. The number of hydrogen-bond donors (Lipinski definition) is 3. The lowest BCUT2D eigenvalue weighted by Crippen LogP contribution is -2.14. The molecule has 0 aliphatic carbocycles. The SMILES string of the molecule is COC(=O)c1ccc(NC(=O)CCc2csc(NC(=O)c3ccc(=O)[nH]c3)n2)cc1. The second kappa shape index (κ2) is 9.61. The average Bonchev–Trinajstić information content (AvgIpc) is 3.20. The fraction of sp³-hybridized carbons (Fsp3) is 0.150. The van der Waals surface area contributed by atoms with Gasteiger partial charge in [-0.3, -0.25) is 19.7 Å². The molecule has 0 fully saturated rings. The summed E-state index contributed by atoms with van der Waals surface area (Å²) in [5, 5.41) is 7.57. The number of ether oxygens (including phenoxy) is 1. The van der Waals surface area contributed by atoms with Crippen LogP contribution in [0.1, 0.15) is 32.8 Å². The number of amides is 2. The van der Waals surface area contributed by atoms with E-state index in [-0.39, 0.29) is 23.8 Å². The van der Waals surface area contributed by atoms with Crippen LogP contribution in [0.2, 0.25) is 0 Å². The number of carbonyl (C=O) groups excluding carboxylic acids is 3. The van der Waals surface area contributed by atoms with Crippen LogP contribution < -0.4 is 16.2 Å². The Morgan fingerprint density at radius 3 is 2.47 bits per heavy atom. The molecule has 0 saturated heterocycles. The molecule has 3 rings (SSSR count). The van der Waals surface area contributed by atoms with Gasteiger partial charge in [0, 0.05) is 29.8 Å². The lowest BCUT2D eigenvalue weighted by Gasteiger charge is -2.05. The van der Waals surface area contributed by atoms with Gasteiger partial charge in [0.2, 0.25) is 11.5 Å². The van der Waals surface area contributed by atoms with Crippen LogP contribution in [-0.2, 0) is 16.0 Å². The Hall–Kier alpha value is -3.79. The number of aryl methyl sites for hydroxylation is 1. The summed E-state index contributed by atoms with van der Waals surface area (Å²) in [6.07, 6.45) is 1.93. The van der Waals surface area contributed by atoms with E-state index in [0.717, 1.165) is 0 Å². The van der Waals surface area contributed by atoms with Gasteiger partial charge in [-0.25, -0.2) is 9.78 Å². The molecule has 0 unspecified atom stereocenters. The predicted molar refractivity (Wildman–Crippen MR) is 112 cm³/mol. The van der Waals surface area contributed by atoms with Crippen molar-refractivity contribution in [3.8, 4) is 0 Å². The molecule has 3 aromatic rings. The van der Waals surface area contributed by atoms with Gasteiger partial charge in [-0.1, -0.05) is 0 Å². The first-order chi connectivity index (χ1) is 14.4. The van der Waals surface area contributed by atoms with Gasteiger partial charge in [-0.15, -0.1) is 11.3 Å². The molecule has 1 aromatic carbocycles. The fourth-order valence-electron chi connectivity index (χ4n) is 2.47. The van der Waals surface area contributed by atoms with Crippen LogP contribution in [0.15, 0.2) is 52.8 Å². The molecule has 9 nitrogen and oxygen atoms in total. The summed E-state index contributed by atoms with van der Waals surface area (Å²) < 4.78 is 4.63. The van der Waals surface area contributed by atoms with Gasteiger partial charge < -0.3 is 15.0 Å². The molecular weight excluding hydrogens is 408 g/mol. The highest BCUT2D eigenvalue weighted by Crippen LogP contribution is 2.18. The number of esters is 1. The number of anilines is 2. The first-order valence-electron chi connectivity index (χ1n) is 8.87. The van der Waals surface area contributed by atoms with E-state index < -0.39 is 5.97 Å². The van der Waals surface area contributed by atoms with Gasteiger partial charge in [0.25, 0.3) is 5.91 Å². The molecular formula is C20H18N4O5S. The quantitative estimate of drug-likeness (QED) is 0.498. The first kappa shape index (κ1) is 20.9. The number of aromatic nitrogens is 2. The number of pyridine rings is 1. The van der Waals surface area contributed by atoms with E-state index in [0.29, 0.717) is 34.1 Å². The molecule has 0 aliphatic rings. The van der Waals surface area contributed by atoms with E-state index in [1.165, 1.54) is 36.8 Å². The summed E-state index contributed by atoms with van der Waals surface area (Å²) >= 11 is 1.25. The monoisotopic (exact) mass is 426 g/mol. The van der Waals surface area contributed by atoms with Crippen molar-refractivity contribution in [1.29, 1.82) is 0 Å². The van der Waals surface area contributed by atoms with Crippen molar-refractivity contribution < 1.29 is 19.1 Å². The molecule has 30 heavy (non-hydrogen) atoms. The summed E-state index contributed by atoms with van der Waals surface area (Å²) in [5.41, 5.74) is 1.66. The highest BCUT2D eigenvalue weighted by Gasteiger charge is 2.11. The maximum Gasteiger partial charge on any atom is 0.337 e. The van der Waals surface area contributed by atoms with Crippen molar-refractivity contribution >= 4 is 39.9 Å². The van der Waals surface area contributed by atoms with Gasteiger partial charge in [-0.2, -0.15) is 0 Å². The Kier molecular flexibility index (Phi) is 6.71. The van der Waals surface area contributed by atoms with Gasteiger partial charge in [-0.05, 0) is 36.8 Å². The molecule has 10 heteroatoms. The molecule has 2 aromatic heterocycles. The van der Waals surface area contributed by atoms with Crippen LogP contribution in [0.25, 0.3) is 0 Å². The van der Waals surface area contributed by atoms with Crippen molar-refractivity contribution in [3.63, 3.8) is 0 Å². The normalized spacial score (nSPS) is 10.3. The van der Waals surface area contributed by atoms with Crippen molar-refractivity contribution in [1.82, 2.24) is 9.97 Å². The second-order valence-corrected chi connectivity index (χ2v) is 7.01. The van der Waals surface area contributed by atoms with Crippen molar-refractivity contribution in [2.75, 3.05) is 17.7 Å². The fourth-order valence-corrected chi connectivity index (χ4v) is 3.21. The molecule has 3 N–H and O–H groups in total. The van der Waals surface area contributed by atoms with Gasteiger partial charge >= 0.3 is 5.97 Å². The number of aromatic amines is 1. The van der Waals surface area contributed by atoms with Gasteiger partial charge in [0.1, 0.15) is 0 Å². The molecule has 154 valence electrons. The zero-order chi connectivity index (χ0) is 21.5. The van der Waals surface area contributed by atoms with E-state index in [9.17, 15) is 19.2 Å². The van der Waals surface area contributed by atoms with E-state index in [1.807, 2.05) is 0 Å². The van der Waals surface area contributed by atoms with Crippen LogP contribution in [0.5, 0.6) is 0 Å². The number of hydrogen-bond acceptors (Lipinski definition) is 7. The maximum atomic E-state index is 12.1. The average molecular weight is 426 g/mol. The molecule has 0 atom stereocenters. The molecule has 0 radical (unpaired) electrons. The molecule has 0 bridgehead atoms. The van der Waals surface area contributed by atoms with E-state index in [1.54, 1.807) is 29.6 Å². The Morgan fingerprint density at radius 2 is 1.80 bits per heavy atom. The molecule has 0 spiro atoms. The summed E-state index contributed by atoms with van der Waals surface area (Å²) in [6, 6.07) is 9.07. The number of nitrogens with zero attached hydrogens (tertiary/aromatic N) is 1. The van der Waals surface area contributed by atoms with Gasteiger partial charge in [0.05, 0.1) is 23.9 Å². The smallest absolute Gasteiger partial charge is 0.337 e. The van der Waals surface area contributed by atoms with Crippen LogP contribution in [0.4, 0.5) is 10.8 Å². The zero-order valence-electron chi connectivity index (χ0n) is 15.9. The Morgan fingerprint density at radius 1 is 1.07 bits per heavy atom. The first-order valence-corrected chi connectivity index (χ1v) is 9.75.